The molecule has 1 N–H and O–H groups in total. The number of nitrogens with one attached hydrogen (secondary N) is 1. The molecule has 28 heavy (non-hydrogen) atoms. The maximum atomic E-state index is 12.6. The Morgan fingerprint density at radius 3 is 2.50 bits per heavy atom. The third kappa shape index (κ3) is 4.34. The average molecular weight is 380 g/mol. The van der Waals surface area contributed by atoms with E-state index in [-0.39, 0.29) is 5.91 Å². The van der Waals surface area contributed by atoms with E-state index < -0.39 is 12.1 Å². The Bertz CT molecular complexity index is 969. The van der Waals surface area contributed by atoms with E-state index in [4.69, 9.17) is 9.15 Å². The van der Waals surface area contributed by atoms with E-state index in [1.165, 1.54) is 0 Å². The second-order valence-electron chi connectivity index (χ2n) is 6.85. The standard InChI is InChI=1S/C22H24N2O4/c1-14-7-9-18(10-8-14)23-21(25)17(4)28-22(26)20-12-15(2)24(16(20)3)13-19-6-5-11-27-19/h5-12,17H,13H2,1-4H3,(H,23,25)/t17-/m1/s1. The van der Waals surface area contributed by atoms with Crippen molar-refractivity contribution >= 4 is 17.6 Å². The van der Waals surface area contributed by atoms with Crippen LogP contribution in [0.3, 0.4) is 0 Å². The predicted octanol–water partition coefficient (Wildman–Crippen LogP) is 4.24. The van der Waals surface area contributed by atoms with E-state index in [2.05, 4.69) is 5.32 Å². The second-order valence-corrected chi connectivity index (χ2v) is 6.85. The van der Waals surface area contributed by atoms with E-state index in [1.54, 1.807) is 19.3 Å². The zero-order chi connectivity index (χ0) is 20.3. The van der Waals surface area contributed by atoms with Crippen LogP contribution < -0.4 is 5.32 Å². The third-order valence-electron chi connectivity index (χ3n) is 4.66. The van der Waals surface area contributed by atoms with Crippen LogP contribution in [0.15, 0.2) is 53.1 Å². The van der Waals surface area contributed by atoms with Gasteiger partial charge >= 0.3 is 5.97 Å². The summed E-state index contributed by atoms with van der Waals surface area (Å²) in [5.41, 5.74) is 3.89. The second kappa shape index (κ2) is 8.17. The van der Waals surface area contributed by atoms with Gasteiger partial charge in [0.2, 0.25) is 0 Å². The van der Waals surface area contributed by atoms with Gasteiger partial charge in [0.05, 0.1) is 18.4 Å². The molecule has 1 atom stereocenters. The number of anilines is 1. The minimum absolute atomic E-state index is 0.374. The van der Waals surface area contributed by atoms with E-state index in [1.807, 2.05) is 61.7 Å². The monoisotopic (exact) mass is 380 g/mol. The molecule has 0 saturated heterocycles. The third-order valence-corrected chi connectivity index (χ3v) is 4.66. The molecule has 1 aromatic carbocycles. The molecule has 0 aliphatic heterocycles. The van der Waals surface area contributed by atoms with Crippen LogP contribution in [-0.2, 0) is 16.1 Å². The smallest absolute Gasteiger partial charge is 0.340 e. The fourth-order valence-corrected chi connectivity index (χ4v) is 2.97. The summed E-state index contributed by atoms with van der Waals surface area (Å²) >= 11 is 0. The highest BCUT2D eigenvalue weighted by Gasteiger charge is 2.23. The highest BCUT2D eigenvalue weighted by Crippen LogP contribution is 2.19. The molecule has 6 nitrogen and oxygen atoms in total. The Kier molecular flexibility index (Phi) is 5.68. The molecule has 0 saturated carbocycles. The number of aryl methyl sites for hydroxylation is 2. The zero-order valence-electron chi connectivity index (χ0n) is 16.5. The lowest BCUT2D eigenvalue weighted by molar-refractivity contribution is -0.123. The first-order valence-corrected chi connectivity index (χ1v) is 9.12. The molecule has 0 radical (unpaired) electrons. The van der Waals surface area contributed by atoms with Crippen molar-refractivity contribution in [3.63, 3.8) is 0 Å². The first-order valence-electron chi connectivity index (χ1n) is 9.12. The number of nitrogens with zero attached hydrogens (tertiary/aromatic N) is 1. The topological polar surface area (TPSA) is 73.5 Å². The number of furan rings is 1. The lowest BCUT2D eigenvalue weighted by Gasteiger charge is -2.14. The molecule has 0 aliphatic carbocycles. The van der Waals surface area contributed by atoms with E-state index >= 15 is 0 Å². The van der Waals surface area contributed by atoms with Crippen LogP contribution in [0.2, 0.25) is 0 Å². The van der Waals surface area contributed by atoms with Crippen molar-refractivity contribution in [2.24, 2.45) is 0 Å². The van der Waals surface area contributed by atoms with Crippen molar-refractivity contribution in [1.82, 2.24) is 4.57 Å². The van der Waals surface area contributed by atoms with Crippen LogP contribution in [0.5, 0.6) is 0 Å². The van der Waals surface area contributed by atoms with Crippen LogP contribution in [0, 0.1) is 20.8 Å². The molecule has 0 spiro atoms. The van der Waals surface area contributed by atoms with Gasteiger partial charge in [-0.1, -0.05) is 17.7 Å². The number of carbonyl (C=O) groups is 2. The number of esters is 1. The molecule has 0 unspecified atom stereocenters. The maximum Gasteiger partial charge on any atom is 0.340 e. The Balaban J connectivity index is 1.66. The molecule has 0 bridgehead atoms. The molecule has 0 aliphatic rings. The van der Waals surface area contributed by atoms with Crippen LogP contribution in [-0.4, -0.2) is 22.5 Å². The van der Waals surface area contributed by atoms with Gasteiger partial charge in [-0.3, -0.25) is 4.79 Å². The van der Waals surface area contributed by atoms with E-state index in [0.29, 0.717) is 17.8 Å². The summed E-state index contributed by atoms with van der Waals surface area (Å²) in [7, 11) is 0. The first kappa shape index (κ1) is 19.5. The summed E-state index contributed by atoms with van der Waals surface area (Å²) < 4.78 is 12.8. The quantitative estimate of drug-likeness (QED) is 0.649. The molecule has 2 aromatic heterocycles. The summed E-state index contributed by atoms with van der Waals surface area (Å²) in [5, 5.41) is 2.75. The van der Waals surface area contributed by atoms with Crippen molar-refractivity contribution in [2.45, 2.75) is 40.3 Å². The largest absolute Gasteiger partial charge is 0.467 e. The Morgan fingerprint density at radius 2 is 1.86 bits per heavy atom. The van der Waals surface area contributed by atoms with Gasteiger partial charge in [0.15, 0.2) is 6.10 Å². The summed E-state index contributed by atoms with van der Waals surface area (Å²) in [6.07, 6.45) is 0.703. The highest BCUT2D eigenvalue weighted by molar-refractivity contribution is 5.97. The van der Waals surface area contributed by atoms with Crippen molar-refractivity contribution in [3.05, 3.63) is 77.0 Å². The normalized spacial score (nSPS) is 11.9. The Morgan fingerprint density at radius 1 is 1.14 bits per heavy atom. The molecule has 3 aromatic rings. The van der Waals surface area contributed by atoms with Crippen LogP contribution in [0.25, 0.3) is 0 Å². The molecule has 6 heteroatoms. The predicted molar refractivity (Wildman–Crippen MR) is 106 cm³/mol. The summed E-state index contributed by atoms with van der Waals surface area (Å²) in [4.78, 5) is 24.9. The van der Waals surface area contributed by atoms with Gasteiger partial charge in [-0.15, -0.1) is 0 Å². The minimum atomic E-state index is -0.915. The highest BCUT2D eigenvalue weighted by atomic mass is 16.5. The van der Waals surface area contributed by atoms with E-state index in [9.17, 15) is 9.59 Å². The number of hydrogen-bond acceptors (Lipinski definition) is 4. The van der Waals surface area contributed by atoms with Gasteiger partial charge in [0.1, 0.15) is 5.76 Å². The average Bonchev–Trinajstić information content (AvgIpc) is 3.27. The van der Waals surface area contributed by atoms with Crippen LogP contribution in [0.4, 0.5) is 5.69 Å². The van der Waals surface area contributed by atoms with Gasteiger partial charge in [-0.2, -0.15) is 0 Å². The van der Waals surface area contributed by atoms with Crippen molar-refractivity contribution < 1.29 is 18.7 Å². The van der Waals surface area contributed by atoms with Gasteiger partial charge in [0.25, 0.3) is 5.91 Å². The number of amides is 1. The molecule has 2 heterocycles. The Hall–Kier alpha value is -3.28. The fourth-order valence-electron chi connectivity index (χ4n) is 2.97. The molecule has 0 fully saturated rings. The zero-order valence-corrected chi connectivity index (χ0v) is 16.5. The number of aromatic nitrogens is 1. The Labute approximate surface area is 164 Å². The van der Waals surface area contributed by atoms with Crippen LogP contribution in [0.1, 0.15) is 40.0 Å². The fraction of sp³-hybridized carbons (Fsp3) is 0.273. The lowest BCUT2D eigenvalue weighted by Crippen LogP contribution is -2.30. The van der Waals surface area contributed by atoms with Gasteiger partial charge in [-0.25, -0.2) is 4.79 Å². The molecule has 146 valence electrons. The van der Waals surface area contributed by atoms with E-state index in [0.717, 1.165) is 22.7 Å². The number of rotatable bonds is 6. The molecule has 1 amide bonds. The van der Waals surface area contributed by atoms with Crippen molar-refractivity contribution in [1.29, 1.82) is 0 Å². The van der Waals surface area contributed by atoms with Crippen molar-refractivity contribution in [2.75, 3.05) is 5.32 Å². The maximum absolute atomic E-state index is 12.6. The molecular weight excluding hydrogens is 356 g/mol. The van der Waals surface area contributed by atoms with Gasteiger partial charge < -0.3 is 19.0 Å². The van der Waals surface area contributed by atoms with Gasteiger partial charge in [-0.05, 0) is 58.0 Å². The summed E-state index contributed by atoms with van der Waals surface area (Å²) in [5.74, 6) is -0.0977. The summed E-state index contributed by atoms with van der Waals surface area (Å²) in [6, 6.07) is 12.9. The number of hydrogen-bond donors (Lipinski definition) is 1. The first-order chi connectivity index (χ1) is 13.3. The number of carbonyl (C=O) groups excluding carboxylic acids is 2. The molecular formula is C22H24N2O4. The van der Waals surface area contributed by atoms with Gasteiger partial charge in [0, 0.05) is 17.1 Å². The number of ether oxygens (including phenoxy) is 1. The number of benzene rings is 1. The SMILES string of the molecule is Cc1ccc(NC(=O)[C@@H](C)OC(=O)c2cc(C)n(Cc3ccco3)c2C)cc1. The summed E-state index contributed by atoms with van der Waals surface area (Å²) in [6.45, 7) is 7.83. The van der Waals surface area contributed by atoms with Crippen molar-refractivity contribution in [3.8, 4) is 0 Å². The van der Waals surface area contributed by atoms with Crippen LogP contribution >= 0.6 is 0 Å². The lowest BCUT2D eigenvalue weighted by atomic mass is 10.2. The minimum Gasteiger partial charge on any atom is -0.467 e. The molecule has 3 rings (SSSR count).